The van der Waals surface area contributed by atoms with Gasteiger partial charge in [-0.05, 0) is 40.2 Å². The summed E-state index contributed by atoms with van der Waals surface area (Å²) in [6.07, 6.45) is 0.468. The van der Waals surface area contributed by atoms with Gasteiger partial charge < -0.3 is 9.84 Å². The third-order valence-corrected chi connectivity index (χ3v) is 6.47. The predicted octanol–water partition coefficient (Wildman–Crippen LogP) is 5.46. The Morgan fingerprint density at radius 1 is 1.15 bits per heavy atom. The van der Waals surface area contributed by atoms with Crippen molar-refractivity contribution < 1.29 is 9.84 Å². The highest BCUT2D eigenvalue weighted by atomic mass is 79.9. The van der Waals surface area contributed by atoms with Crippen molar-refractivity contribution in [3.05, 3.63) is 80.5 Å². The van der Waals surface area contributed by atoms with Crippen molar-refractivity contribution in [2.75, 3.05) is 0 Å². The number of fused-ring (bicyclic) bond motifs is 3. The minimum absolute atomic E-state index is 0.0976. The van der Waals surface area contributed by atoms with Crippen LogP contribution in [0.1, 0.15) is 34.7 Å². The number of nitrogens with zero attached hydrogens (tertiary/aromatic N) is 2. The number of phenols is 1. The molecule has 2 atom stereocenters. The zero-order valence-electron chi connectivity index (χ0n) is 13.7. The summed E-state index contributed by atoms with van der Waals surface area (Å²) >= 11 is 5.18. The first-order valence-corrected chi connectivity index (χ1v) is 10.0. The molecule has 0 fully saturated rings. The van der Waals surface area contributed by atoms with E-state index in [1.165, 1.54) is 0 Å². The lowest BCUT2D eigenvalue weighted by Crippen LogP contribution is -2.33. The highest BCUT2D eigenvalue weighted by molar-refractivity contribution is 9.10. The zero-order valence-corrected chi connectivity index (χ0v) is 16.1. The minimum atomic E-state index is -0.269. The molecular formula is C20H15BrN2O2S. The number of hydrogen-bond donors (Lipinski definition) is 1. The molecule has 0 aliphatic carbocycles. The van der Waals surface area contributed by atoms with Gasteiger partial charge in [-0.25, -0.2) is 5.01 Å². The van der Waals surface area contributed by atoms with Crippen LogP contribution in [-0.2, 0) is 0 Å². The van der Waals surface area contributed by atoms with Crippen molar-refractivity contribution in [1.29, 1.82) is 0 Å². The zero-order chi connectivity index (χ0) is 17.7. The predicted molar refractivity (Wildman–Crippen MR) is 106 cm³/mol. The van der Waals surface area contributed by atoms with Gasteiger partial charge in [0.15, 0.2) is 0 Å². The second kappa shape index (κ2) is 6.14. The molecule has 0 saturated heterocycles. The van der Waals surface area contributed by atoms with E-state index in [-0.39, 0.29) is 18.0 Å². The van der Waals surface area contributed by atoms with E-state index >= 15 is 0 Å². The molecule has 1 N–H and O–H groups in total. The maximum atomic E-state index is 10.3. The summed E-state index contributed by atoms with van der Waals surface area (Å²) in [5.41, 5.74) is 2.80. The fourth-order valence-corrected chi connectivity index (χ4v) is 5.02. The van der Waals surface area contributed by atoms with E-state index in [1.807, 2.05) is 41.4 Å². The van der Waals surface area contributed by atoms with Gasteiger partial charge in [0.05, 0.1) is 16.6 Å². The summed E-state index contributed by atoms with van der Waals surface area (Å²) in [6, 6.07) is 17.7. The number of hydrazone groups is 1. The first-order valence-electron chi connectivity index (χ1n) is 8.34. The Morgan fingerprint density at radius 3 is 2.77 bits per heavy atom. The van der Waals surface area contributed by atoms with Gasteiger partial charge in [-0.1, -0.05) is 30.3 Å². The molecule has 2 aliphatic rings. The molecule has 2 unspecified atom stereocenters. The fourth-order valence-electron chi connectivity index (χ4n) is 3.56. The molecule has 3 aromatic rings. The highest BCUT2D eigenvalue weighted by Gasteiger charge is 2.41. The Hall–Kier alpha value is -2.31. The Bertz CT molecular complexity index is 1020. The molecule has 0 radical (unpaired) electrons. The summed E-state index contributed by atoms with van der Waals surface area (Å²) in [4.78, 5) is 1.10. The molecule has 5 rings (SSSR count). The van der Waals surface area contributed by atoms with Crippen LogP contribution in [0.2, 0.25) is 0 Å². The number of benzene rings is 2. The van der Waals surface area contributed by atoms with Crippen molar-refractivity contribution in [3.8, 4) is 11.5 Å². The maximum absolute atomic E-state index is 10.3. The summed E-state index contributed by atoms with van der Waals surface area (Å²) in [6.45, 7) is 0. The van der Waals surface area contributed by atoms with Gasteiger partial charge in [0.1, 0.15) is 11.5 Å². The largest absolute Gasteiger partial charge is 0.507 e. The van der Waals surface area contributed by atoms with Crippen molar-refractivity contribution in [3.63, 3.8) is 0 Å². The van der Waals surface area contributed by atoms with Crippen LogP contribution in [0.5, 0.6) is 11.5 Å². The number of thiophene rings is 1. The molecule has 0 saturated carbocycles. The Labute approximate surface area is 163 Å². The number of halogens is 1. The molecule has 4 nitrogen and oxygen atoms in total. The van der Waals surface area contributed by atoms with Crippen molar-refractivity contribution in [1.82, 2.24) is 5.01 Å². The quantitative estimate of drug-likeness (QED) is 0.591. The average molecular weight is 427 g/mol. The van der Waals surface area contributed by atoms with Gasteiger partial charge >= 0.3 is 0 Å². The van der Waals surface area contributed by atoms with E-state index in [0.717, 1.165) is 38.4 Å². The van der Waals surface area contributed by atoms with Crippen LogP contribution in [0.15, 0.2) is 69.6 Å². The van der Waals surface area contributed by atoms with Gasteiger partial charge in [0.2, 0.25) is 6.23 Å². The summed E-state index contributed by atoms with van der Waals surface area (Å²) in [5.74, 6) is 1.16. The number of rotatable bonds is 2. The number of aromatic hydroxyl groups is 1. The second-order valence-electron chi connectivity index (χ2n) is 6.34. The van der Waals surface area contributed by atoms with Crippen LogP contribution in [-0.4, -0.2) is 15.8 Å². The monoisotopic (exact) mass is 426 g/mol. The summed E-state index contributed by atoms with van der Waals surface area (Å²) < 4.78 is 7.35. The van der Waals surface area contributed by atoms with Crippen LogP contribution in [0, 0.1) is 0 Å². The third-order valence-electron chi connectivity index (χ3n) is 4.75. The van der Waals surface area contributed by atoms with Gasteiger partial charge in [-0.3, -0.25) is 0 Å². The van der Waals surface area contributed by atoms with Crippen LogP contribution in [0.3, 0.4) is 0 Å². The van der Waals surface area contributed by atoms with Crippen LogP contribution >= 0.6 is 27.3 Å². The van der Waals surface area contributed by atoms with Crippen molar-refractivity contribution in [2.24, 2.45) is 5.10 Å². The van der Waals surface area contributed by atoms with Crippen LogP contribution < -0.4 is 4.74 Å². The minimum Gasteiger partial charge on any atom is -0.507 e. The molecule has 130 valence electrons. The van der Waals surface area contributed by atoms with Gasteiger partial charge in [0.25, 0.3) is 0 Å². The Kier molecular flexibility index (Phi) is 3.76. The van der Waals surface area contributed by atoms with Crippen molar-refractivity contribution in [2.45, 2.75) is 18.7 Å². The van der Waals surface area contributed by atoms with Crippen LogP contribution in [0.25, 0.3) is 0 Å². The number of phenolic OH excluding ortho intramolecular Hbond substituents is 1. The van der Waals surface area contributed by atoms with E-state index in [2.05, 4.69) is 33.4 Å². The molecule has 1 aromatic heterocycles. The number of hydrogen-bond acceptors (Lipinski definition) is 5. The summed E-state index contributed by atoms with van der Waals surface area (Å²) in [5, 5.41) is 19.2. The molecule has 0 spiro atoms. The first kappa shape index (κ1) is 15.9. The third kappa shape index (κ3) is 2.52. The smallest absolute Gasteiger partial charge is 0.223 e. The van der Waals surface area contributed by atoms with Gasteiger partial charge in [-0.15, -0.1) is 11.3 Å². The summed E-state index contributed by atoms with van der Waals surface area (Å²) in [7, 11) is 0. The average Bonchev–Trinajstić information content (AvgIpc) is 3.28. The molecule has 3 heterocycles. The SMILES string of the molecule is Oc1ccccc1C1=NN2C(C1)c1ccccc1OC2c1cc(Br)cs1. The molecule has 0 amide bonds. The highest BCUT2D eigenvalue weighted by Crippen LogP contribution is 2.48. The lowest BCUT2D eigenvalue weighted by Gasteiger charge is -2.37. The van der Waals surface area contributed by atoms with E-state index in [9.17, 15) is 5.11 Å². The number of para-hydroxylation sites is 2. The molecule has 6 heteroatoms. The Balaban J connectivity index is 1.61. The van der Waals surface area contributed by atoms with Crippen molar-refractivity contribution >= 4 is 33.0 Å². The lowest BCUT2D eigenvalue weighted by molar-refractivity contribution is -0.0166. The molecule has 2 aliphatic heterocycles. The first-order chi connectivity index (χ1) is 12.7. The molecule has 0 bridgehead atoms. The standard InChI is InChI=1S/C20H15BrN2O2S/c21-12-9-19(26-11-12)20-23-16(14-6-2-4-8-18(14)25-20)10-15(22-23)13-5-1-3-7-17(13)24/h1-9,11,16,20,24H,10H2. The fraction of sp³-hybridized carbons (Fsp3) is 0.150. The normalized spacial score (nSPS) is 21.0. The molecule has 2 aromatic carbocycles. The number of ether oxygens (including phenoxy) is 1. The van der Waals surface area contributed by atoms with E-state index in [4.69, 9.17) is 9.84 Å². The van der Waals surface area contributed by atoms with Gasteiger partial charge in [-0.2, -0.15) is 5.10 Å². The van der Waals surface area contributed by atoms with E-state index in [0.29, 0.717) is 0 Å². The molecular weight excluding hydrogens is 412 g/mol. The van der Waals surface area contributed by atoms with E-state index < -0.39 is 0 Å². The maximum Gasteiger partial charge on any atom is 0.223 e. The molecule has 26 heavy (non-hydrogen) atoms. The Morgan fingerprint density at radius 2 is 1.96 bits per heavy atom. The topological polar surface area (TPSA) is 45.1 Å². The second-order valence-corrected chi connectivity index (χ2v) is 8.20. The lowest BCUT2D eigenvalue weighted by atomic mass is 9.96. The van der Waals surface area contributed by atoms with E-state index in [1.54, 1.807) is 17.4 Å². The van der Waals surface area contributed by atoms with Gasteiger partial charge in [0, 0.05) is 27.4 Å². The van der Waals surface area contributed by atoms with Crippen LogP contribution in [0.4, 0.5) is 0 Å².